The summed E-state index contributed by atoms with van der Waals surface area (Å²) in [6.07, 6.45) is 0.947. The number of carbonyl (C=O) groups is 1. The predicted octanol–water partition coefficient (Wildman–Crippen LogP) is 0.239. The highest BCUT2D eigenvalue weighted by molar-refractivity contribution is 6.47. The summed E-state index contributed by atoms with van der Waals surface area (Å²) in [6.45, 7) is 1.74. The highest BCUT2D eigenvalue weighted by Gasteiger charge is 2.24. The lowest BCUT2D eigenvalue weighted by Gasteiger charge is -2.28. The lowest BCUT2D eigenvalue weighted by molar-refractivity contribution is -0.128. The molecule has 1 amide bonds. The SMILES string of the molecule is CN(C)C(=O)C[C-](OB1NCCN1)c1ccccc1. The van der Waals surface area contributed by atoms with E-state index in [2.05, 4.69) is 10.5 Å². The van der Waals surface area contributed by atoms with Gasteiger partial charge in [-0.25, -0.2) is 0 Å². The van der Waals surface area contributed by atoms with E-state index in [1.165, 1.54) is 0 Å². The summed E-state index contributed by atoms with van der Waals surface area (Å²) in [4.78, 5) is 13.5. The second-order valence-electron chi connectivity index (χ2n) is 4.66. The van der Waals surface area contributed by atoms with Crippen LogP contribution in [0.4, 0.5) is 0 Å². The molecule has 0 aliphatic carbocycles. The molecule has 0 unspecified atom stereocenters. The summed E-state index contributed by atoms with van der Waals surface area (Å²) in [5, 5.41) is 6.36. The van der Waals surface area contributed by atoms with Crippen molar-refractivity contribution < 1.29 is 9.45 Å². The van der Waals surface area contributed by atoms with Gasteiger partial charge in [0, 0.05) is 20.5 Å². The number of amides is 1. The van der Waals surface area contributed by atoms with E-state index in [4.69, 9.17) is 4.65 Å². The highest BCUT2D eigenvalue weighted by Crippen LogP contribution is 2.21. The second-order valence-corrected chi connectivity index (χ2v) is 4.66. The summed E-state index contributed by atoms with van der Waals surface area (Å²) < 4.78 is 5.87. The Kier molecular flexibility index (Phi) is 4.84. The Labute approximate surface area is 114 Å². The Bertz CT molecular complexity index is 408. The topological polar surface area (TPSA) is 53.6 Å². The van der Waals surface area contributed by atoms with Crippen molar-refractivity contribution in [3.05, 3.63) is 42.0 Å². The number of hydrogen-bond acceptors (Lipinski definition) is 4. The summed E-state index contributed by atoms with van der Waals surface area (Å²) in [7, 11) is 3.28. The Balaban J connectivity index is 2.06. The van der Waals surface area contributed by atoms with E-state index >= 15 is 0 Å². The van der Waals surface area contributed by atoms with Crippen molar-refractivity contribution in [3.8, 4) is 0 Å². The third kappa shape index (κ3) is 3.99. The Morgan fingerprint density at radius 3 is 2.53 bits per heavy atom. The first kappa shape index (κ1) is 13.9. The Morgan fingerprint density at radius 2 is 1.95 bits per heavy atom. The molecule has 0 bridgehead atoms. The first-order valence-electron chi connectivity index (χ1n) is 6.41. The van der Waals surface area contributed by atoms with E-state index in [0.29, 0.717) is 6.10 Å². The quantitative estimate of drug-likeness (QED) is 0.588. The van der Waals surface area contributed by atoms with Crippen LogP contribution in [0.2, 0.25) is 0 Å². The van der Waals surface area contributed by atoms with Crippen molar-refractivity contribution in [1.82, 2.24) is 15.4 Å². The molecule has 1 aliphatic heterocycles. The number of hydrogen-bond donors (Lipinski definition) is 2. The van der Waals surface area contributed by atoms with Gasteiger partial charge in [0.25, 0.3) is 0 Å². The van der Waals surface area contributed by atoms with Crippen molar-refractivity contribution in [1.29, 1.82) is 0 Å². The van der Waals surface area contributed by atoms with E-state index in [9.17, 15) is 4.79 Å². The molecule has 1 aromatic carbocycles. The first-order valence-corrected chi connectivity index (χ1v) is 6.41. The zero-order chi connectivity index (χ0) is 13.7. The molecule has 0 spiro atoms. The normalized spacial score (nSPS) is 14.5. The fraction of sp³-hybridized carbons (Fsp3) is 0.385. The molecule has 2 rings (SSSR count). The van der Waals surface area contributed by atoms with Crippen LogP contribution in [-0.2, 0) is 9.45 Å². The van der Waals surface area contributed by atoms with Gasteiger partial charge in [-0.1, -0.05) is 12.2 Å². The molecule has 102 valence electrons. The third-order valence-electron chi connectivity index (χ3n) is 2.95. The van der Waals surface area contributed by atoms with E-state index in [-0.39, 0.29) is 19.5 Å². The minimum absolute atomic E-state index is 0.0249. The van der Waals surface area contributed by atoms with Crippen molar-refractivity contribution >= 4 is 13.1 Å². The monoisotopic (exact) mass is 260 g/mol. The summed E-state index contributed by atoms with van der Waals surface area (Å²) in [5.74, 6) is 0.0249. The predicted molar refractivity (Wildman–Crippen MR) is 74.9 cm³/mol. The molecule has 19 heavy (non-hydrogen) atoms. The summed E-state index contributed by atoms with van der Waals surface area (Å²) in [6, 6.07) is 9.73. The van der Waals surface area contributed by atoms with Gasteiger partial charge < -0.3 is 20.0 Å². The van der Waals surface area contributed by atoms with Crippen LogP contribution >= 0.6 is 0 Å². The van der Waals surface area contributed by atoms with Gasteiger partial charge in [0.1, 0.15) is 0 Å². The number of rotatable bonds is 5. The van der Waals surface area contributed by atoms with Crippen molar-refractivity contribution in [3.63, 3.8) is 0 Å². The van der Waals surface area contributed by atoms with Crippen LogP contribution in [0.25, 0.3) is 0 Å². The first-order chi connectivity index (χ1) is 9.16. The number of carbonyl (C=O) groups excluding carboxylic acids is 1. The standard InChI is InChI=1S/C13H19BN3O2/c1-17(2)13(18)10-12(11-6-4-3-5-7-11)19-14-15-8-9-16-14/h3-7,15-16H,8-10H2,1-2H3/q-1. The van der Waals surface area contributed by atoms with E-state index in [0.717, 1.165) is 18.7 Å². The second kappa shape index (κ2) is 6.61. The minimum atomic E-state index is -0.217. The zero-order valence-corrected chi connectivity index (χ0v) is 11.3. The van der Waals surface area contributed by atoms with Crippen LogP contribution in [0, 0.1) is 6.10 Å². The van der Waals surface area contributed by atoms with Crippen LogP contribution in [0.15, 0.2) is 30.3 Å². The van der Waals surface area contributed by atoms with Crippen LogP contribution in [-0.4, -0.2) is 45.2 Å². The molecule has 0 saturated carbocycles. The molecule has 1 heterocycles. The molecule has 6 heteroatoms. The average molecular weight is 260 g/mol. The van der Waals surface area contributed by atoms with Crippen LogP contribution in [0.3, 0.4) is 0 Å². The van der Waals surface area contributed by atoms with Crippen molar-refractivity contribution in [2.75, 3.05) is 27.2 Å². The third-order valence-corrected chi connectivity index (χ3v) is 2.95. The van der Waals surface area contributed by atoms with Gasteiger partial charge in [-0.3, -0.25) is 4.79 Å². The molecule has 1 fully saturated rings. The molecule has 0 radical (unpaired) electrons. The molecular weight excluding hydrogens is 241 g/mol. The van der Waals surface area contributed by atoms with E-state index in [1.54, 1.807) is 19.0 Å². The fourth-order valence-electron chi connectivity index (χ4n) is 1.84. The lowest BCUT2D eigenvalue weighted by atomic mass is 10.00. The van der Waals surface area contributed by atoms with Gasteiger partial charge in [0.05, 0.1) is 0 Å². The van der Waals surface area contributed by atoms with E-state index < -0.39 is 0 Å². The molecule has 1 aliphatic rings. The molecule has 2 N–H and O–H groups in total. The van der Waals surface area contributed by atoms with Crippen LogP contribution in [0.1, 0.15) is 12.0 Å². The van der Waals surface area contributed by atoms with Crippen molar-refractivity contribution in [2.45, 2.75) is 6.42 Å². The van der Waals surface area contributed by atoms with Gasteiger partial charge in [0.15, 0.2) is 0 Å². The number of nitrogens with zero attached hydrogens (tertiary/aromatic N) is 1. The Hall–Kier alpha value is -1.50. The average Bonchev–Trinajstić information content (AvgIpc) is 2.91. The van der Waals surface area contributed by atoms with Gasteiger partial charge in [-0.05, 0) is 13.1 Å². The molecular formula is C13H19BN3O2-. The molecule has 1 aromatic rings. The molecule has 5 nitrogen and oxygen atoms in total. The van der Waals surface area contributed by atoms with Crippen LogP contribution < -0.4 is 10.5 Å². The molecule has 0 aromatic heterocycles. The zero-order valence-electron chi connectivity index (χ0n) is 11.3. The van der Waals surface area contributed by atoms with E-state index in [1.807, 2.05) is 30.3 Å². The largest absolute Gasteiger partial charge is 0.465 e. The minimum Gasteiger partial charge on any atom is -0.441 e. The van der Waals surface area contributed by atoms with Crippen LogP contribution in [0.5, 0.6) is 0 Å². The summed E-state index contributed by atoms with van der Waals surface area (Å²) in [5.41, 5.74) is 0.938. The van der Waals surface area contributed by atoms with Gasteiger partial charge in [-0.15, -0.1) is 12.1 Å². The number of nitrogens with one attached hydrogen (secondary N) is 2. The fourth-order valence-corrected chi connectivity index (χ4v) is 1.84. The Morgan fingerprint density at radius 1 is 1.32 bits per heavy atom. The maximum absolute atomic E-state index is 11.9. The van der Waals surface area contributed by atoms with Gasteiger partial charge in [-0.2, -0.15) is 17.7 Å². The maximum Gasteiger partial charge on any atom is 0.465 e. The van der Waals surface area contributed by atoms with Crippen molar-refractivity contribution in [2.24, 2.45) is 0 Å². The highest BCUT2D eigenvalue weighted by atomic mass is 16.5. The molecule has 1 saturated heterocycles. The van der Waals surface area contributed by atoms with Gasteiger partial charge in [0.2, 0.25) is 5.91 Å². The maximum atomic E-state index is 11.9. The smallest absolute Gasteiger partial charge is 0.441 e. The summed E-state index contributed by atoms with van der Waals surface area (Å²) >= 11 is 0. The molecule has 0 atom stereocenters. The van der Waals surface area contributed by atoms with Gasteiger partial charge >= 0.3 is 7.19 Å². The lowest BCUT2D eigenvalue weighted by Crippen LogP contribution is -2.42. The number of benzene rings is 1.